The second kappa shape index (κ2) is 41.5. The number of alkyl carbamates (subject to hydrolysis) is 1. The van der Waals surface area contributed by atoms with E-state index in [4.69, 9.17) is 31.1 Å². The van der Waals surface area contributed by atoms with Crippen molar-refractivity contribution in [1.29, 1.82) is 5.41 Å². The van der Waals surface area contributed by atoms with Gasteiger partial charge in [-0.05, 0) is 89.0 Å². The molecule has 38 heteroatoms. The summed E-state index contributed by atoms with van der Waals surface area (Å²) >= 11 is 0. The Morgan fingerprint density at radius 1 is 0.686 bits per heavy atom. The van der Waals surface area contributed by atoms with Gasteiger partial charge in [-0.15, -0.1) is 0 Å². The smallest absolute Gasteiger partial charge is 0.453 e. The van der Waals surface area contributed by atoms with Crippen LogP contribution in [0.25, 0.3) is 0 Å². The molecule has 0 radical (unpaired) electrons. The second-order valence-corrected chi connectivity index (χ2v) is 26.7. The van der Waals surface area contributed by atoms with Crippen molar-refractivity contribution in [3.05, 3.63) is 35.9 Å². The fourth-order valence-electron chi connectivity index (χ4n) is 10.0. The van der Waals surface area contributed by atoms with E-state index in [1.165, 1.54) is 37.3 Å². The van der Waals surface area contributed by atoms with Crippen LogP contribution in [-0.4, -0.2) is 214 Å². The predicted octanol–water partition coefficient (Wildman–Crippen LogP) is -2.79. The van der Waals surface area contributed by atoms with E-state index in [2.05, 4.69) is 53.2 Å². The number of primary amides is 1. The molecule has 0 aromatic heterocycles. The van der Waals surface area contributed by atoms with E-state index in [-0.39, 0.29) is 63.0 Å². The molecular formula is C64H102F3N15O20. The maximum atomic E-state index is 15.7. The van der Waals surface area contributed by atoms with Crippen molar-refractivity contribution in [1.82, 2.24) is 63.8 Å². The minimum atomic E-state index is -5.79. The van der Waals surface area contributed by atoms with Crippen molar-refractivity contribution in [3.8, 4) is 0 Å². The first-order chi connectivity index (χ1) is 47.4. The number of esters is 2. The largest absolute Gasteiger partial charge is 0.490 e. The number of hydrogen-bond donors (Lipinski definition) is 18. The number of aliphatic hydroxyl groups is 3. The van der Waals surface area contributed by atoms with E-state index < -0.39 is 216 Å². The molecule has 20 N–H and O–H groups in total. The van der Waals surface area contributed by atoms with Gasteiger partial charge >= 0.3 is 24.2 Å². The number of carbonyl (C=O) groups is 14. The van der Waals surface area contributed by atoms with Crippen LogP contribution in [-0.2, 0) is 76.5 Å². The summed E-state index contributed by atoms with van der Waals surface area (Å²) in [6.45, 7) is 16.5. The Bertz CT molecular complexity index is 3080. The minimum absolute atomic E-state index is 0.0446. The summed E-state index contributed by atoms with van der Waals surface area (Å²) in [7, 11) is 0. The molecule has 0 spiro atoms. The number of amides is 12. The number of rotatable bonds is 25. The zero-order chi connectivity index (χ0) is 77.8. The van der Waals surface area contributed by atoms with Gasteiger partial charge in [-0.2, -0.15) is 13.2 Å². The molecule has 0 bridgehead atoms. The maximum absolute atomic E-state index is 15.7. The van der Waals surface area contributed by atoms with E-state index >= 15 is 14.4 Å². The van der Waals surface area contributed by atoms with Crippen LogP contribution in [0.2, 0.25) is 0 Å². The Labute approximate surface area is 588 Å². The number of nitrogens with two attached hydrogens (primary N) is 2. The lowest BCUT2D eigenvalue weighted by Crippen LogP contribution is -2.64. The van der Waals surface area contributed by atoms with Gasteiger partial charge in [0.1, 0.15) is 66.1 Å². The Hall–Kier alpha value is -9.46. The van der Waals surface area contributed by atoms with Gasteiger partial charge in [0, 0.05) is 6.54 Å². The number of hydrogen-bond acceptors (Lipinski definition) is 21. The maximum Gasteiger partial charge on any atom is 0.490 e. The molecule has 2 rings (SSSR count). The molecule has 102 heavy (non-hydrogen) atoms. The quantitative estimate of drug-likeness (QED) is 0.0155. The van der Waals surface area contributed by atoms with Gasteiger partial charge in [-0.3, -0.25) is 58.1 Å². The van der Waals surface area contributed by atoms with Crippen molar-refractivity contribution in [3.63, 3.8) is 0 Å². The Kier molecular flexibility index (Phi) is 36.0. The lowest BCUT2D eigenvalue weighted by atomic mass is 9.95. The second-order valence-electron chi connectivity index (χ2n) is 26.7. The average molecular weight is 1460 g/mol. The fraction of sp³-hybridized carbons (Fsp3) is 0.672. The van der Waals surface area contributed by atoms with Crippen molar-refractivity contribution < 1.29 is 110 Å². The molecule has 12 amide bonds. The first-order valence-electron chi connectivity index (χ1n) is 33.2. The van der Waals surface area contributed by atoms with E-state index in [1.54, 1.807) is 62.3 Å². The third-order valence-corrected chi connectivity index (χ3v) is 15.4. The Morgan fingerprint density at radius 3 is 1.76 bits per heavy atom. The Morgan fingerprint density at radius 2 is 1.25 bits per heavy atom. The number of benzene rings is 1. The molecule has 0 unspecified atom stereocenters. The van der Waals surface area contributed by atoms with Crippen LogP contribution >= 0.6 is 0 Å². The fourth-order valence-corrected chi connectivity index (χ4v) is 10.0. The number of aliphatic hydroxyl groups excluding tert-OH is 3. The summed E-state index contributed by atoms with van der Waals surface area (Å²) in [6.07, 6.45) is -16.9. The lowest BCUT2D eigenvalue weighted by molar-refractivity contribution is -0.208. The van der Waals surface area contributed by atoms with Gasteiger partial charge in [-0.25, -0.2) is 14.4 Å². The van der Waals surface area contributed by atoms with Crippen LogP contribution < -0.4 is 75.3 Å². The van der Waals surface area contributed by atoms with Crippen molar-refractivity contribution in [2.24, 2.45) is 35.1 Å². The molecule has 15 atom stereocenters. The molecule has 35 nitrogen and oxygen atoms in total. The average Bonchev–Trinajstić information content (AvgIpc) is 0.812. The minimum Gasteiger partial charge on any atom is -0.453 e. The highest BCUT2D eigenvalue weighted by atomic mass is 19.4. The van der Waals surface area contributed by atoms with Gasteiger partial charge in [0.15, 0.2) is 24.2 Å². The zero-order valence-corrected chi connectivity index (χ0v) is 59.4. The summed E-state index contributed by atoms with van der Waals surface area (Å²) in [5, 5.41) is 67.8. The normalized spacial score (nSPS) is 23.3. The van der Waals surface area contributed by atoms with E-state index in [1.807, 2.05) is 10.6 Å². The predicted molar refractivity (Wildman–Crippen MR) is 356 cm³/mol. The van der Waals surface area contributed by atoms with Gasteiger partial charge in [0.2, 0.25) is 65.0 Å². The number of ether oxygens (including phenoxy) is 3. The number of cyclic esters (lactones) is 1. The molecule has 1 heterocycles. The van der Waals surface area contributed by atoms with Crippen molar-refractivity contribution in [2.75, 3.05) is 19.7 Å². The third-order valence-electron chi connectivity index (χ3n) is 15.4. The highest BCUT2D eigenvalue weighted by Crippen LogP contribution is 2.27. The first-order valence-corrected chi connectivity index (χ1v) is 33.2. The Balaban J connectivity index is 3.31. The lowest BCUT2D eigenvalue weighted by Gasteiger charge is -2.35. The van der Waals surface area contributed by atoms with E-state index in [0.29, 0.717) is 0 Å². The van der Waals surface area contributed by atoms with Gasteiger partial charge < -0.3 is 105 Å². The van der Waals surface area contributed by atoms with Crippen LogP contribution in [0.5, 0.6) is 0 Å². The zero-order valence-electron chi connectivity index (χ0n) is 59.4. The number of carbonyl (C=O) groups excluding carboxylic acids is 14. The van der Waals surface area contributed by atoms with Gasteiger partial charge in [0.05, 0.1) is 19.3 Å². The summed E-state index contributed by atoms with van der Waals surface area (Å²) in [6, 6.07) is -13.8. The van der Waals surface area contributed by atoms with Crippen molar-refractivity contribution >= 4 is 89.0 Å². The number of nitrogens with one attached hydrogen (secondary N) is 13. The summed E-state index contributed by atoms with van der Waals surface area (Å²) in [5.41, 5.74) is 9.49. The van der Waals surface area contributed by atoms with Crippen LogP contribution in [0, 0.1) is 29.1 Å². The molecule has 0 aliphatic carbocycles. The first kappa shape index (κ1) is 88.6. The SMILES string of the molecule is CCC[C@H](NC(=O)[C@@H](CC(C)C)NC(=O)OC(C)(C)C)C(=O)N[C@@H]1C(=O)N[C@@H]([C@H](OC(=O)C(F)(F)F)C(C)C)C(=O)N[C@@H](CC(C)C)C(=O)N[C@H](CCCNC(=N)N)C(=O)N[C@@H]([C@@H](C)CC)C(=O)N[C@@H]([C@H](C)O)C(=O)NCC(=O)N[C@@H]([C@H](O)C(N)=O)C(=O)N[C@@H](CO)C(=O)O[C@@H]1c1ccccc1. The van der Waals surface area contributed by atoms with Crippen LogP contribution in [0.1, 0.15) is 147 Å². The van der Waals surface area contributed by atoms with Crippen LogP contribution in [0.3, 0.4) is 0 Å². The highest BCUT2D eigenvalue weighted by molar-refractivity contribution is 6.00. The van der Waals surface area contributed by atoms with E-state index in [0.717, 1.165) is 20.8 Å². The van der Waals surface area contributed by atoms with Crippen LogP contribution in [0.15, 0.2) is 30.3 Å². The topological polar surface area (TPSA) is 548 Å². The highest BCUT2D eigenvalue weighted by Gasteiger charge is 2.48. The number of halogens is 3. The third kappa shape index (κ3) is 29.6. The van der Waals surface area contributed by atoms with Gasteiger partial charge in [0.25, 0.3) is 0 Å². The molecular weight excluding hydrogens is 1360 g/mol. The summed E-state index contributed by atoms with van der Waals surface area (Å²) in [4.78, 5) is 199. The monoisotopic (exact) mass is 1460 g/mol. The molecule has 1 aliphatic heterocycles. The molecule has 1 aromatic carbocycles. The molecule has 574 valence electrons. The molecule has 1 aliphatic rings. The molecule has 1 aromatic rings. The van der Waals surface area contributed by atoms with Crippen molar-refractivity contribution in [2.45, 2.75) is 232 Å². The standard InChI is InChI=1S/C64H102F3N15O20/c1-14-20-35(73-53(91)38(26-30(5)6)77-62(99)102-63(11,12)13)50(88)81-45-48(34-21-17-16-18-22-34)100-59(97)39(28-83)76-56(94)43(46(86)49(68)87)78-40(85)27-72-54(92)42(33(10)84)80-55(93)41(32(9)15-2)79-51(89)36(23-19-24-71-61(69)70)74-52(90)37(25-29(3)4)75-57(95)44(82-58(45)96)47(31(7)8)101-60(98)64(65,66)67/h16-18,21-22,29-33,35-39,41-48,83-84,86H,14-15,19-20,23-28H2,1-13H3,(H2,68,87)(H,72,92)(H,73,91)(H,74,90)(H,75,95)(H,76,94)(H,77,99)(H,78,85)(H,79,89)(H,80,93)(H,81,88)(H,82,96)(H4,69,70,71)/t32-,33-,35-,36+,37-,38+,39-,41-,42-,43-,44-,45-,46-,47+,48+/m0/s1. The molecule has 1 saturated heterocycles. The number of guanidine groups is 1. The molecule has 1 fully saturated rings. The van der Waals surface area contributed by atoms with Gasteiger partial charge in [-0.1, -0.05) is 105 Å². The summed E-state index contributed by atoms with van der Waals surface area (Å²) in [5.74, 6) is -23.3. The molecule has 0 saturated carbocycles. The number of alkyl halides is 3. The summed E-state index contributed by atoms with van der Waals surface area (Å²) < 4.78 is 59.2. The van der Waals surface area contributed by atoms with Crippen LogP contribution in [0.4, 0.5) is 18.0 Å². The van der Waals surface area contributed by atoms with E-state index in [9.17, 15) is 81.2 Å².